The summed E-state index contributed by atoms with van der Waals surface area (Å²) in [5, 5.41) is 0. The Labute approximate surface area is 103 Å². The molecule has 17 heavy (non-hydrogen) atoms. The van der Waals surface area contributed by atoms with Gasteiger partial charge in [0.15, 0.2) is 0 Å². The van der Waals surface area contributed by atoms with Gasteiger partial charge < -0.3 is 4.74 Å². The Bertz CT molecular complexity index is 385. The van der Waals surface area contributed by atoms with Crippen molar-refractivity contribution >= 4 is 12.0 Å². The number of rotatable bonds is 3. The average Bonchev–Trinajstić information content (AvgIpc) is 2.26. The van der Waals surface area contributed by atoms with Crippen LogP contribution in [-0.2, 0) is 9.53 Å². The fourth-order valence-corrected chi connectivity index (χ4v) is 1.20. The zero-order valence-corrected chi connectivity index (χ0v) is 10.9. The van der Waals surface area contributed by atoms with Crippen molar-refractivity contribution in [1.29, 1.82) is 0 Å². The molecule has 0 aliphatic carbocycles. The van der Waals surface area contributed by atoms with Gasteiger partial charge in [-0.3, -0.25) is 4.79 Å². The van der Waals surface area contributed by atoms with Gasteiger partial charge in [-0.1, -0.05) is 36.4 Å². The zero-order valence-electron chi connectivity index (χ0n) is 10.9. The molecule has 0 heterocycles. The molecule has 1 rings (SSSR count). The fraction of sp³-hybridized carbons (Fsp3) is 0.400. The van der Waals surface area contributed by atoms with E-state index in [1.807, 2.05) is 70.2 Å². The Morgan fingerprint density at radius 2 is 1.82 bits per heavy atom. The van der Waals surface area contributed by atoms with Crippen molar-refractivity contribution in [3.05, 3.63) is 42.0 Å². The van der Waals surface area contributed by atoms with E-state index in [0.29, 0.717) is 0 Å². The third-order valence-electron chi connectivity index (χ3n) is 2.26. The molecule has 0 fully saturated rings. The summed E-state index contributed by atoms with van der Waals surface area (Å²) in [6.45, 7) is 7.41. The molecule has 2 nitrogen and oxygen atoms in total. The van der Waals surface area contributed by atoms with Crippen LogP contribution in [0, 0.1) is 5.41 Å². The molecule has 0 saturated carbocycles. The Morgan fingerprint density at radius 3 is 2.35 bits per heavy atom. The second-order valence-corrected chi connectivity index (χ2v) is 5.13. The van der Waals surface area contributed by atoms with E-state index in [9.17, 15) is 4.79 Å². The van der Waals surface area contributed by atoms with Gasteiger partial charge in [-0.15, -0.1) is 0 Å². The van der Waals surface area contributed by atoms with Crippen molar-refractivity contribution in [2.24, 2.45) is 5.41 Å². The topological polar surface area (TPSA) is 26.3 Å². The predicted octanol–water partition coefficient (Wildman–Crippen LogP) is 3.68. The van der Waals surface area contributed by atoms with Crippen LogP contribution >= 0.6 is 0 Å². The highest BCUT2D eigenvalue weighted by Gasteiger charge is 2.24. The van der Waals surface area contributed by atoms with Gasteiger partial charge >= 0.3 is 5.97 Å². The number of hydrogen-bond donors (Lipinski definition) is 0. The number of carbonyl (C=O) groups is 1. The molecule has 0 aliphatic rings. The van der Waals surface area contributed by atoms with E-state index in [4.69, 9.17) is 4.74 Å². The third kappa shape index (κ3) is 4.85. The van der Waals surface area contributed by atoms with E-state index in [-0.39, 0.29) is 12.1 Å². The summed E-state index contributed by atoms with van der Waals surface area (Å²) in [6.07, 6.45) is 3.64. The summed E-state index contributed by atoms with van der Waals surface area (Å²) < 4.78 is 5.31. The molecular weight excluding hydrogens is 212 g/mol. The van der Waals surface area contributed by atoms with Crippen LogP contribution in [0.15, 0.2) is 36.4 Å². The van der Waals surface area contributed by atoms with Crippen LogP contribution in [0.25, 0.3) is 6.08 Å². The fourth-order valence-electron chi connectivity index (χ4n) is 1.20. The van der Waals surface area contributed by atoms with Gasteiger partial charge in [0.25, 0.3) is 0 Å². The van der Waals surface area contributed by atoms with E-state index < -0.39 is 5.41 Å². The average molecular weight is 232 g/mol. The van der Waals surface area contributed by atoms with Crippen molar-refractivity contribution in [2.75, 3.05) is 0 Å². The second kappa shape index (κ2) is 5.67. The summed E-state index contributed by atoms with van der Waals surface area (Å²) >= 11 is 0. The SMILES string of the molecule is CC(/C=C/c1ccccc1)OC(=O)C(C)(C)C. The maximum absolute atomic E-state index is 11.6. The van der Waals surface area contributed by atoms with Crippen LogP contribution in [-0.4, -0.2) is 12.1 Å². The number of benzene rings is 1. The monoisotopic (exact) mass is 232 g/mol. The van der Waals surface area contributed by atoms with E-state index >= 15 is 0 Å². The summed E-state index contributed by atoms with van der Waals surface area (Å²) in [7, 11) is 0. The van der Waals surface area contributed by atoms with Crippen LogP contribution in [0.3, 0.4) is 0 Å². The first-order valence-electron chi connectivity index (χ1n) is 5.84. The molecule has 2 heteroatoms. The first-order chi connectivity index (χ1) is 7.89. The summed E-state index contributed by atoms with van der Waals surface area (Å²) in [5.74, 6) is -0.178. The number of esters is 1. The molecule has 1 aromatic rings. The van der Waals surface area contributed by atoms with Gasteiger partial charge in [0.1, 0.15) is 6.10 Å². The molecule has 0 amide bonds. The summed E-state index contributed by atoms with van der Waals surface area (Å²) in [5.41, 5.74) is 0.653. The van der Waals surface area contributed by atoms with Crippen LogP contribution in [0.2, 0.25) is 0 Å². The number of hydrogen-bond acceptors (Lipinski definition) is 2. The minimum Gasteiger partial charge on any atom is -0.458 e. The van der Waals surface area contributed by atoms with Crippen LogP contribution < -0.4 is 0 Å². The molecule has 0 N–H and O–H groups in total. The van der Waals surface area contributed by atoms with Gasteiger partial charge in [-0.05, 0) is 39.3 Å². The molecule has 1 atom stereocenters. The molecule has 0 radical (unpaired) electrons. The van der Waals surface area contributed by atoms with E-state index in [0.717, 1.165) is 5.56 Å². The number of carbonyl (C=O) groups excluding carboxylic acids is 1. The maximum atomic E-state index is 11.6. The van der Waals surface area contributed by atoms with Gasteiger partial charge in [0.05, 0.1) is 5.41 Å². The second-order valence-electron chi connectivity index (χ2n) is 5.13. The van der Waals surface area contributed by atoms with Crippen molar-refractivity contribution in [1.82, 2.24) is 0 Å². The normalized spacial score (nSPS) is 13.6. The van der Waals surface area contributed by atoms with Crippen LogP contribution in [0.4, 0.5) is 0 Å². The Kier molecular flexibility index (Phi) is 4.50. The first-order valence-corrected chi connectivity index (χ1v) is 5.84. The molecule has 1 unspecified atom stereocenters. The lowest BCUT2D eigenvalue weighted by Crippen LogP contribution is -2.26. The van der Waals surface area contributed by atoms with E-state index in [2.05, 4.69) is 0 Å². The highest BCUT2D eigenvalue weighted by molar-refractivity contribution is 5.75. The minimum atomic E-state index is -0.450. The quantitative estimate of drug-likeness (QED) is 0.743. The smallest absolute Gasteiger partial charge is 0.311 e. The van der Waals surface area contributed by atoms with Crippen molar-refractivity contribution in [2.45, 2.75) is 33.8 Å². The zero-order chi connectivity index (χ0) is 12.9. The molecule has 0 bridgehead atoms. The first kappa shape index (κ1) is 13.5. The van der Waals surface area contributed by atoms with E-state index in [1.54, 1.807) is 0 Å². The van der Waals surface area contributed by atoms with Crippen molar-refractivity contribution < 1.29 is 9.53 Å². The lowest BCUT2D eigenvalue weighted by atomic mass is 9.97. The largest absolute Gasteiger partial charge is 0.458 e. The van der Waals surface area contributed by atoms with Crippen LogP contribution in [0.1, 0.15) is 33.3 Å². The van der Waals surface area contributed by atoms with Gasteiger partial charge in [-0.25, -0.2) is 0 Å². The van der Waals surface area contributed by atoms with Crippen LogP contribution in [0.5, 0.6) is 0 Å². The highest BCUT2D eigenvalue weighted by atomic mass is 16.5. The maximum Gasteiger partial charge on any atom is 0.311 e. The van der Waals surface area contributed by atoms with Gasteiger partial charge in [-0.2, -0.15) is 0 Å². The van der Waals surface area contributed by atoms with Crippen molar-refractivity contribution in [3.8, 4) is 0 Å². The van der Waals surface area contributed by atoms with Gasteiger partial charge in [0, 0.05) is 0 Å². The third-order valence-corrected chi connectivity index (χ3v) is 2.26. The molecule has 1 aromatic carbocycles. The Balaban J connectivity index is 2.53. The minimum absolute atomic E-state index is 0.178. The van der Waals surface area contributed by atoms with Gasteiger partial charge in [0.2, 0.25) is 0 Å². The summed E-state index contributed by atoms with van der Waals surface area (Å²) in [4.78, 5) is 11.6. The molecule has 0 spiro atoms. The molecule has 0 saturated heterocycles. The number of ether oxygens (including phenoxy) is 1. The highest BCUT2D eigenvalue weighted by Crippen LogP contribution is 2.16. The lowest BCUT2D eigenvalue weighted by molar-refractivity contribution is -0.155. The Morgan fingerprint density at radius 1 is 1.24 bits per heavy atom. The van der Waals surface area contributed by atoms with E-state index in [1.165, 1.54) is 0 Å². The molecule has 0 aliphatic heterocycles. The molecule has 92 valence electrons. The molecular formula is C15H20O2. The van der Waals surface area contributed by atoms with Crippen molar-refractivity contribution in [3.63, 3.8) is 0 Å². The summed E-state index contributed by atoms with van der Waals surface area (Å²) in [6, 6.07) is 9.95. The molecule has 0 aromatic heterocycles. The lowest BCUT2D eigenvalue weighted by Gasteiger charge is -2.19. The predicted molar refractivity (Wildman–Crippen MR) is 70.5 cm³/mol. The Hall–Kier alpha value is -1.57. The standard InChI is InChI=1S/C15H20O2/c1-12(17-14(16)15(2,3)4)10-11-13-8-6-5-7-9-13/h5-12H,1-4H3/b11-10+.